The second-order valence-electron chi connectivity index (χ2n) is 4.82. The summed E-state index contributed by atoms with van der Waals surface area (Å²) in [7, 11) is 1.89. The third-order valence-electron chi connectivity index (χ3n) is 3.55. The first-order valence-corrected chi connectivity index (χ1v) is 6.24. The van der Waals surface area contributed by atoms with Crippen molar-refractivity contribution in [1.29, 1.82) is 0 Å². The van der Waals surface area contributed by atoms with Crippen LogP contribution in [-0.4, -0.2) is 26.3 Å². The molecule has 1 aromatic carbocycles. The van der Waals surface area contributed by atoms with Gasteiger partial charge in [-0.2, -0.15) is 0 Å². The van der Waals surface area contributed by atoms with Crippen LogP contribution in [0.15, 0.2) is 30.3 Å². The number of hydrogen-bond donors (Lipinski definition) is 1. The summed E-state index contributed by atoms with van der Waals surface area (Å²) in [6, 6.07) is 10.4. The molecular weight excluding hydrogens is 226 g/mol. The lowest BCUT2D eigenvalue weighted by atomic mass is 10.1. The molecule has 4 heteroatoms. The molecule has 1 aromatic heterocycles. The van der Waals surface area contributed by atoms with Gasteiger partial charge in [-0.3, -0.25) is 9.58 Å². The molecule has 94 valence electrons. The predicted octanol–water partition coefficient (Wildman–Crippen LogP) is 1.68. The van der Waals surface area contributed by atoms with E-state index in [1.165, 1.54) is 5.56 Å². The minimum absolute atomic E-state index is 0.185. The second-order valence-corrected chi connectivity index (χ2v) is 4.82. The summed E-state index contributed by atoms with van der Waals surface area (Å²) in [6.45, 7) is 2.72. The molecule has 0 unspecified atom stereocenters. The fourth-order valence-electron chi connectivity index (χ4n) is 2.61. The van der Waals surface area contributed by atoms with Crippen LogP contribution < -0.4 is 0 Å². The van der Waals surface area contributed by atoms with Crippen molar-refractivity contribution < 1.29 is 5.11 Å². The van der Waals surface area contributed by atoms with E-state index in [0.717, 1.165) is 37.3 Å². The van der Waals surface area contributed by atoms with Crippen LogP contribution in [0.25, 0.3) is 0 Å². The monoisotopic (exact) mass is 243 g/mol. The maximum atomic E-state index is 9.80. The van der Waals surface area contributed by atoms with Crippen molar-refractivity contribution in [2.75, 3.05) is 6.54 Å². The number of benzene rings is 1. The van der Waals surface area contributed by atoms with Gasteiger partial charge in [0.25, 0.3) is 0 Å². The third-order valence-corrected chi connectivity index (χ3v) is 3.55. The van der Waals surface area contributed by atoms with Gasteiger partial charge in [0, 0.05) is 38.8 Å². The Labute approximate surface area is 106 Å². The Kier molecular flexibility index (Phi) is 2.80. The van der Waals surface area contributed by atoms with Crippen LogP contribution in [-0.2, 0) is 26.6 Å². The average molecular weight is 243 g/mol. The second kappa shape index (κ2) is 4.46. The van der Waals surface area contributed by atoms with Crippen molar-refractivity contribution in [2.45, 2.75) is 19.5 Å². The van der Waals surface area contributed by atoms with Gasteiger partial charge in [0.15, 0.2) is 0 Å². The molecule has 0 atom stereocenters. The van der Waals surface area contributed by atoms with E-state index in [2.05, 4.69) is 34.3 Å². The molecule has 1 aliphatic rings. The highest BCUT2D eigenvalue weighted by molar-refractivity contribution is 5.32. The first-order valence-electron chi connectivity index (χ1n) is 6.24. The van der Waals surface area contributed by atoms with Crippen molar-refractivity contribution in [3.63, 3.8) is 0 Å². The largest absolute Gasteiger partial charge is 0.492 e. The van der Waals surface area contributed by atoms with Crippen LogP contribution in [0.2, 0.25) is 0 Å². The van der Waals surface area contributed by atoms with Crippen molar-refractivity contribution in [3.8, 4) is 5.88 Å². The van der Waals surface area contributed by atoms with Gasteiger partial charge in [-0.15, -0.1) is 5.10 Å². The molecule has 0 aliphatic carbocycles. The number of nitrogens with zero attached hydrogens (tertiary/aromatic N) is 3. The zero-order valence-corrected chi connectivity index (χ0v) is 10.5. The van der Waals surface area contributed by atoms with Crippen LogP contribution in [0.3, 0.4) is 0 Å². The highest BCUT2D eigenvalue weighted by Crippen LogP contribution is 2.26. The lowest BCUT2D eigenvalue weighted by Gasteiger charge is -2.26. The van der Waals surface area contributed by atoms with E-state index in [1.807, 2.05) is 13.1 Å². The maximum absolute atomic E-state index is 9.80. The molecule has 3 rings (SSSR count). The SMILES string of the molecule is Cn1nc(O)c2c1CCN(Cc1ccccc1)C2. The lowest BCUT2D eigenvalue weighted by Crippen LogP contribution is -2.30. The van der Waals surface area contributed by atoms with Gasteiger partial charge in [0.1, 0.15) is 0 Å². The zero-order valence-electron chi connectivity index (χ0n) is 10.5. The summed E-state index contributed by atoms with van der Waals surface area (Å²) in [5.74, 6) is 0.185. The maximum Gasteiger partial charge on any atom is 0.235 e. The molecule has 0 spiro atoms. The predicted molar refractivity (Wildman–Crippen MR) is 69.1 cm³/mol. The first kappa shape index (κ1) is 11.3. The zero-order chi connectivity index (χ0) is 12.5. The van der Waals surface area contributed by atoms with E-state index in [9.17, 15) is 5.11 Å². The van der Waals surface area contributed by atoms with Crippen LogP contribution in [0.1, 0.15) is 16.8 Å². The number of fused-ring (bicyclic) bond motifs is 1. The van der Waals surface area contributed by atoms with Gasteiger partial charge in [-0.05, 0) is 5.56 Å². The van der Waals surface area contributed by atoms with Crippen molar-refractivity contribution >= 4 is 0 Å². The number of aromatic nitrogens is 2. The van der Waals surface area contributed by atoms with Crippen LogP contribution in [0.5, 0.6) is 5.88 Å². The van der Waals surface area contributed by atoms with E-state index >= 15 is 0 Å². The van der Waals surface area contributed by atoms with Crippen molar-refractivity contribution in [3.05, 3.63) is 47.2 Å². The molecule has 2 aromatic rings. The molecular formula is C14H17N3O. The fraction of sp³-hybridized carbons (Fsp3) is 0.357. The highest BCUT2D eigenvalue weighted by atomic mass is 16.3. The Hall–Kier alpha value is -1.81. The summed E-state index contributed by atoms with van der Waals surface area (Å²) in [5, 5.41) is 13.9. The van der Waals surface area contributed by atoms with Crippen LogP contribution in [0, 0.1) is 0 Å². The summed E-state index contributed by atoms with van der Waals surface area (Å²) < 4.78 is 1.80. The molecule has 1 aliphatic heterocycles. The molecule has 0 amide bonds. The van der Waals surface area contributed by atoms with Gasteiger partial charge in [-0.25, -0.2) is 0 Å². The molecule has 0 saturated heterocycles. The summed E-state index contributed by atoms with van der Waals surface area (Å²) in [5.41, 5.74) is 3.46. The van der Waals surface area contributed by atoms with E-state index < -0.39 is 0 Å². The summed E-state index contributed by atoms with van der Waals surface area (Å²) in [4.78, 5) is 2.35. The smallest absolute Gasteiger partial charge is 0.235 e. The Bertz CT molecular complexity index is 548. The normalized spacial score (nSPS) is 15.6. The van der Waals surface area contributed by atoms with Gasteiger partial charge < -0.3 is 5.11 Å². The van der Waals surface area contributed by atoms with Crippen LogP contribution in [0.4, 0.5) is 0 Å². The molecule has 0 bridgehead atoms. The minimum atomic E-state index is 0.185. The van der Waals surface area contributed by atoms with Gasteiger partial charge in [-0.1, -0.05) is 30.3 Å². The molecule has 4 nitrogen and oxygen atoms in total. The Balaban J connectivity index is 1.77. The molecule has 2 heterocycles. The first-order chi connectivity index (χ1) is 8.74. The van der Waals surface area contributed by atoms with Crippen LogP contribution >= 0.6 is 0 Å². The van der Waals surface area contributed by atoms with Crippen molar-refractivity contribution in [2.24, 2.45) is 7.05 Å². The van der Waals surface area contributed by atoms with Gasteiger partial charge in [0.2, 0.25) is 5.88 Å². The van der Waals surface area contributed by atoms with E-state index in [-0.39, 0.29) is 5.88 Å². The topological polar surface area (TPSA) is 41.3 Å². The quantitative estimate of drug-likeness (QED) is 0.872. The van der Waals surface area contributed by atoms with Gasteiger partial charge in [0.05, 0.1) is 5.56 Å². The van der Waals surface area contributed by atoms with Gasteiger partial charge >= 0.3 is 0 Å². The molecule has 0 radical (unpaired) electrons. The molecule has 0 fully saturated rings. The molecule has 1 N–H and O–H groups in total. The standard InChI is InChI=1S/C14H17N3O/c1-16-13-7-8-17(10-12(13)14(18)15-16)9-11-5-3-2-4-6-11/h2-6H,7-10H2,1H3,(H,15,18). The number of rotatable bonds is 2. The third kappa shape index (κ3) is 1.99. The fourth-order valence-corrected chi connectivity index (χ4v) is 2.61. The average Bonchev–Trinajstić information content (AvgIpc) is 2.66. The summed E-state index contributed by atoms with van der Waals surface area (Å²) >= 11 is 0. The lowest BCUT2D eigenvalue weighted by molar-refractivity contribution is 0.240. The number of aryl methyl sites for hydroxylation is 1. The van der Waals surface area contributed by atoms with Crippen molar-refractivity contribution in [1.82, 2.24) is 14.7 Å². The summed E-state index contributed by atoms with van der Waals surface area (Å²) in [6.07, 6.45) is 0.951. The van der Waals surface area contributed by atoms with E-state index in [4.69, 9.17) is 0 Å². The minimum Gasteiger partial charge on any atom is -0.492 e. The van der Waals surface area contributed by atoms with E-state index in [0.29, 0.717) is 0 Å². The highest BCUT2D eigenvalue weighted by Gasteiger charge is 2.23. The Morgan fingerprint density at radius 1 is 1.28 bits per heavy atom. The molecule has 0 saturated carbocycles. The Morgan fingerprint density at radius 2 is 2.06 bits per heavy atom. The number of aromatic hydroxyl groups is 1. The Morgan fingerprint density at radius 3 is 2.83 bits per heavy atom. The van der Waals surface area contributed by atoms with E-state index in [1.54, 1.807) is 4.68 Å². The number of hydrogen-bond acceptors (Lipinski definition) is 3. The molecule has 18 heavy (non-hydrogen) atoms.